The number of rotatable bonds is 5. The first-order valence-electron chi connectivity index (χ1n) is 11.9. The molecule has 0 aromatic heterocycles. The zero-order valence-electron chi connectivity index (χ0n) is 18.7. The normalized spacial score (nSPS) is 46.5. The Bertz CT molecular complexity index is 759. The van der Waals surface area contributed by atoms with Gasteiger partial charge in [-0.3, -0.25) is 9.59 Å². The molecule has 0 amide bonds. The summed E-state index contributed by atoms with van der Waals surface area (Å²) in [5.41, 5.74) is -1.29. The molecule has 0 spiro atoms. The van der Waals surface area contributed by atoms with Gasteiger partial charge >= 0.3 is 0 Å². The summed E-state index contributed by atoms with van der Waals surface area (Å²) in [4.78, 5) is 25.2. The number of hydrogen-bond acceptors (Lipinski definition) is 5. The molecule has 0 heterocycles. The summed E-state index contributed by atoms with van der Waals surface area (Å²) in [6, 6.07) is 0. The number of aliphatic hydroxyl groups is 3. The van der Waals surface area contributed by atoms with Crippen molar-refractivity contribution in [2.24, 2.45) is 28.6 Å². The Morgan fingerprint density at radius 2 is 1.97 bits per heavy atom. The van der Waals surface area contributed by atoms with Gasteiger partial charge in [-0.25, -0.2) is 0 Å². The summed E-state index contributed by atoms with van der Waals surface area (Å²) in [6.07, 6.45) is 6.63. The molecule has 168 valence electrons. The third-order valence-electron chi connectivity index (χ3n) is 9.59. The average Bonchev–Trinajstić information content (AvgIpc) is 2.97. The van der Waals surface area contributed by atoms with Gasteiger partial charge < -0.3 is 15.3 Å². The lowest BCUT2D eigenvalue weighted by atomic mass is 9.45. The van der Waals surface area contributed by atoms with Crippen LogP contribution in [0.2, 0.25) is 0 Å². The lowest BCUT2D eigenvalue weighted by Crippen LogP contribution is -2.62. The van der Waals surface area contributed by atoms with Crippen molar-refractivity contribution in [3.8, 4) is 0 Å². The molecule has 3 fully saturated rings. The molecule has 0 saturated heterocycles. The number of carbonyl (C=O) groups is 2. The Hall–Kier alpha value is -1.04. The van der Waals surface area contributed by atoms with Crippen LogP contribution in [0.4, 0.5) is 0 Å². The van der Waals surface area contributed by atoms with Gasteiger partial charge in [0, 0.05) is 11.8 Å². The van der Waals surface area contributed by atoms with Crippen molar-refractivity contribution >= 4 is 11.6 Å². The molecule has 4 aliphatic carbocycles. The minimum atomic E-state index is -1.57. The van der Waals surface area contributed by atoms with E-state index in [2.05, 4.69) is 6.92 Å². The Kier molecular flexibility index (Phi) is 5.56. The Morgan fingerprint density at radius 1 is 1.23 bits per heavy atom. The van der Waals surface area contributed by atoms with Gasteiger partial charge in [-0.1, -0.05) is 39.2 Å². The van der Waals surface area contributed by atoms with E-state index < -0.39 is 29.0 Å². The second-order valence-corrected chi connectivity index (χ2v) is 11.0. The van der Waals surface area contributed by atoms with Crippen LogP contribution >= 0.6 is 0 Å². The first-order chi connectivity index (χ1) is 14.1. The van der Waals surface area contributed by atoms with Crippen LogP contribution in [0.1, 0.15) is 85.0 Å². The van der Waals surface area contributed by atoms with E-state index in [1.54, 1.807) is 0 Å². The van der Waals surface area contributed by atoms with Crippen molar-refractivity contribution < 1.29 is 24.9 Å². The summed E-state index contributed by atoms with van der Waals surface area (Å²) in [5, 5.41) is 33.5. The smallest absolute Gasteiger partial charge is 0.193 e. The van der Waals surface area contributed by atoms with E-state index in [0.29, 0.717) is 25.7 Å². The fraction of sp³-hybridized carbons (Fsp3) is 0.840. The monoisotopic (exact) mass is 418 g/mol. The van der Waals surface area contributed by atoms with Crippen LogP contribution in [0.15, 0.2) is 11.6 Å². The molecule has 5 nitrogen and oxygen atoms in total. The lowest BCUT2D eigenvalue weighted by molar-refractivity contribution is -0.186. The third kappa shape index (κ3) is 2.99. The summed E-state index contributed by atoms with van der Waals surface area (Å²) in [7, 11) is 0. The molecule has 4 aliphatic rings. The van der Waals surface area contributed by atoms with E-state index in [0.717, 1.165) is 38.5 Å². The molecule has 30 heavy (non-hydrogen) atoms. The number of carbonyl (C=O) groups excluding carboxylic acids is 2. The van der Waals surface area contributed by atoms with Crippen molar-refractivity contribution in [1.82, 2.24) is 0 Å². The molecular weight excluding hydrogens is 380 g/mol. The predicted molar refractivity (Wildman–Crippen MR) is 114 cm³/mol. The van der Waals surface area contributed by atoms with Crippen molar-refractivity contribution in [1.29, 1.82) is 0 Å². The summed E-state index contributed by atoms with van der Waals surface area (Å²) < 4.78 is 0. The molecule has 5 heteroatoms. The van der Waals surface area contributed by atoms with E-state index in [4.69, 9.17) is 0 Å². The van der Waals surface area contributed by atoms with E-state index in [9.17, 15) is 24.9 Å². The maximum atomic E-state index is 13.2. The highest BCUT2D eigenvalue weighted by Crippen LogP contribution is 2.67. The van der Waals surface area contributed by atoms with E-state index in [1.807, 2.05) is 19.9 Å². The van der Waals surface area contributed by atoms with Gasteiger partial charge in [0.25, 0.3) is 0 Å². The largest absolute Gasteiger partial charge is 0.393 e. The molecule has 0 aromatic carbocycles. The highest BCUT2D eigenvalue weighted by molar-refractivity contribution is 5.92. The fourth-order valence-corrected chi connectivity index (χ4v) is 7.90. The van der Waals surface area contributed by atoms with Gasteiger partial charge in [-0.05, 0) is 74.2 Å². The second kappa shape index (κ2) is 7.53. The first-order valence-corrected chi connectivity index (χ1v) is 11.9. The van der Waals surface area contributed by atoms with Gasteiger partial charge in [0.15, 0.2) is 11.6 Å². The number of aliphatic hydroxyl groups excluding tert-OH is 2. The molecule has 0 radical (unpaired) electrons. The van der Waals surface area contributed by atoms with Crippen LogP contribution in [0.5, 0.6) is 0 Å². The minimum absolute atomic E-state index is 0.0612. The van der Waals surface area contributed by atoms with E-state index in [1.165, 1.54) is 5.57 Å². The molecule has 0 aliphatic heterocycles. The predicted octanol–water partition coefficient (Wildman–Crippen LogP) is 3.34. The van der Waals surface area contributed by atoms with Crippen LogP contribution in [-0.2, 0) is 9.59 Å². The molecule has 0 aromatic rings. The van der Waals surface area contributed by atoms with Gasteiger partial charge in [0.05, 0.1) is 6.10 Å². The highest BCUT2D eigenvalue weighted by atomic mass is 16.3. The van der Waals surface area contributed by atoms with E-state index in [-0.39, 0.29) is 29.0 Å². The quantitative estimate of drug-likeness (QED) is 0.636. The molecule has 0 bridgehead atoms. The van der Waals surface area contributed by atoms with Crippen LogP contribution in [0.3, 0.4) is 0 Å². The van der Waals surface area contributed by atoms with Crippen molar-refractivity contribution in [2.45, 2.75) is 103 Å². The summed E-state index contributed by atoms with van der Waals surface area (Å²) >= 11 is 0. The van der Waals surface area contributed by atoms with Crippen molar-refractivity contribution in [3.05, 3.63) is 11.6 Å². The minimum Gasteiger partial charge on any atom is -0.393 e. The zero-order valence-corrected chi connectivity index (χ0v) is 18.7. The number of hydrogen-bond donors (Lipinski definition) is 3. The standard InChI is InChI=1S/C25H38O5/c1-4-5-6-19(27)22(29)25(30)12-10-18-17-8-7-15-13-16(26)9-11-23(15,2)21(17)20(28)14-24(18,25)3/h13,17-21,27-28,30H,4-12,14H2,1-3H3/t17-,18-,19?,20-,21+,23-,24-,25-/m0/s1. The number of ketones is 2. The van der Waals surface area contributed by atoms with E-state index >= 15 is 0 Å². The Labute approximate surface area is 179 Å². The Balaban J connectivity index is 1.65. The number of unbranched alkanes of at least 4 members (excludes halogenated alkanes) is 1. The molecule has 3 N–H and O–H groups in total. The number of allylic oxidation sites excluding steroid dienone is 1. The van der Waals surface area contributed by atoms with Gasteiger partial charge in [0.2, 0.25) is 0 Å². The van der Waals surface area contributed by atoms with Crippen LogP contribution in [0, 0.1) is 28.6 Å². The number of Topliss-reactive ketones (excluding diaryl/α,β-unsaturated/α-hetero) is 1. The highest BCUT2D eigenvalue weighted by Gasteiger charge is 2.68. The molecule has 1 unspecified atom stereocenters. The topological polar surface area (TPSA) is 94.8 Å². The van der Waals surface area contributed by atoms with Gasteiger partial charge in [0.1, 0.15) is 11.7 Å². The third-order valence-corrected chi connectivity index (χ3v) is 9.59. The maximum Gasteiger partial charge on any atom is 0.193 e. The zero-order chi connectivity index (χ0) is 21.9. The molecule has 8 atom stereocenters. The number of fused-ring (bicyclic) bond motifs is 5. The Morgan fingerprint density at radius 3 is 2.67 bits per heavy atom. The van der Waals surface area contributed by atoms with Gasteiger partial charge in [-0.15, -0.1) is 0 Å². The first kappa shape index (κ1) is 22.2. The SMILES string of the molecule is CCCCC(O)C(=O)[C@@]1(O)CC[C@H]2[C@@H]3CCC4=CC(=O)CC[C@]4(C)[C@H]3[C@@H](O)C[C@@]21C. The lowest BCUT2D eigenvalue weighted by Gasteiger charge is -2.60. The second-order valence-electron chi connectivity index (χ2n) is 11.0. The molecule has 4 rings (SSSR count). The maximum absolute atomic E-state index is 13.2. The summed E-state index contributed by atoms with van der Waals surface area (Å²) in [5.74, 6) is 0.180. The molecular formula is C25H38O5. The molecule has 3 saturated carbocycles. The van der Waals surface area contributed by atoms with Crippen molar-refractivity contribution in [2.75, 3.05) is 0 Å². The van der Waals surface area contributed by atoms with Crippen LogP contribution in [0.25, 0.3) is 0 Å². The fourth-order valence-electron chi connectivity index (χ4n) is 7.90. The van der Waals surface area contributed by atoms with Crippen LogP contribution < -0.4 is 0 Å². The van der Waals surface area contributed by atoms with Crippen LogP contribution in [-0.4, -0.2) is 44.7 Å². The summed E-state index contributed by atoms with van der Waals surface area (Å²) in [6.45, 7) is 6.18. The van der Waals surface area contributed by atoms with Gasteiger partial charge in [-0.2, -0.15) is 0 Å². The average molecular weight is 419 g/mol. The van der Waals surface area contributed by atoms with Crippen molar-refractivity contribution in [3.63, 3.8) is 0 Å².